The Balaban J connectivity index is 1.81. The van der Waals surface area contributed by atoms with E-state index < -0.39 is 0 Å². The van der Waals surface area contributed by atoms with Gasteiger partial charge in [0.15, 0.2) is 0 Å². The number of rotatable bonds is 4. The predicted octanol–water partition coefficient (Wildman–Crippen LogP) is 3.92. The van der Waals surface area contributed by atoms with Crippen LogP contribution in [0.2, 0.25) is 5.02 Å². The zero-order valence-electron chi connectivity index (χ0n) is 12.2. The fraction of sp³-hybridized carbons (Fsp3) is 0.625. The van der Waals surface area contributed by atoms with Crippen LogP contribution in [-0.2, 0) is 6.54 Å². The average molecular weight is 311 g/mol. The Labute approximate surface area is 131 Å². The molecule has 1 saturated carbocycles. The van der Waals surface area contributed by atoms with Crippen LogP contribution in [0.1, 0.15) is 32.3 Å². The van der Waals surface area contributed by atoms with Crippen molar-refractivity contribution in [1.29, 1.82) is 0 Å². The summed E-state index contributed by atoms with van der Waals surface area (Å²) in [5.41, 5.74) is 2.59. The van der Waals surface area contributed by atoms with E-state index in [1.54, 1.807) is 0 Å². The maximum absolute atomic E-state index is 6.51. The number of nitrogens with one attached hydrogen (secondary N) is 1. The van der Waals surface area contributed by atoms with Crippen molar-refractivity contribution in [3.63, 3.8) is 0 Å². The maximum atomic E-state index is 6.51. The van der Waals surface area contributed by atoms with Gasteiger partial charge in [-0.1, -0.05) is 37.6 Å². The SMILES string of the molecule is CC1CN(c2c(Cl)cccc2CNC2CC2)CC(C)S1. The Hall–Kier alpha value is -0.380. The Morgan fingerprint density at radius 1 is 1.25 bits per heavy atom. The third kappa shape index (κ3) is 3.44. The number of anilines is 1. The minimum atomic E-state index is 0.666. The van der Waals surface area contributed by atoms with Gasteiger partial charge in [0.1, 0.15) is 0 Å². The lowest BCUT2D eigenvalue weighted by Gasteiger charge is -2.37. The first-order valence-electron chi connectivity index (χ1n) is 7.54. The highest BCUT2D eigenvalue weighted by Gasteiger charge is 2.26. The van der Waals surface area contributed by atoms with Crippen molar-refractivity contribution >= 4 is 29.1 Å². The molecule has 0 aromatic heterocycles. The van der Waals surface area contributed by atoms with E-state index in [-0.39, 0.29) is 0 Å². The van der Waals surface area contributed by atoms with Gasteiger partial charge in [-0.05, 0) is 24.5 Å². The van der Waals surface area contributed by atoms with Gasteiger partial charge in [-0.3, -0.25) is 0 Å². The summed E-state index contributed by atoms with van der Waals surface area (Å²) < 4.78 is 0. The third-order valence-corrected chi connectivity index (χ3v) is 5.50. The number of hydrogen-bond donors (Lipinski definition) is 1. The maximum Gasteiger partial charge on any atom is 0.0642 e. The van der Waals surface area contributed by atoms with Crippen LogP contribution in [-0.4, -0.2) is 29.6 Å². The van der Waals surface area contributed by atoms with Gasteiger partial charge in [-0.15, -0.1) is 0 Å². The summed E-state index contributed by atoms with van der Waals surface area (Å²) in [7, 11) is 0. The van der Waals surface area contributed by atoms with Gasteiger partial charge in [-0.2, -0.15) is 11.8 Å². The molecule has 1 heterocycles. The Morgan fingerprint density at radius 3 is 2.60 bits per heavy atom. The number of para-hydroxylation sites is 1. The lowest BCUT2D eigenvalue weighted by atomic mass is 10.1. The molecular formula is C16H23ClN2S. The summed E-state index contributed by atoms with van der Waals surface area (Å²) in [6.07, 6.45) is 2.65. The minimum Gasteiger partial charge on any atom is -0.368 e. The first-order valence-corrected chi connectivity index (χ1v) is 8.86. The highest BCUT2D eigenvalue weighted by atomic mass is 35.5. The van der Waals surface area contributed by atoms with E-state index in [2.05, 4.69) is 48.0 Å². The van der Waals surface area contributed by atoms with Crippen LogP contribution in [0, 0.1) is 0 Å². The van der Waals surface area contributed by atoms with Crippen LogP contribution < -0.4 is 10.2 Å². The second-order valence-electron chi connectivity index (χ2n) is 6.07. The molecule has 1 aliphatic carbocycles. The molecule has 0 amide bonds. The van der Waals surface area contributed by atoms with Crippen LogP contribution in [0.5, 0.6) is 0 Å². The van der Waals surface area contributed by atoms with E-state index >= 15 is 0 Å². The molecule has 3 rings (SSSR count). The lowest BCUT2D eigenvalue weighted by Crippen LogP contribution is -2.41. The van der Waals surface area contributed by atoms with Crippen molar-refractivity contribution in [3.8, 4) is 0 Å². The van der Waals surface area contributed by atoms with E-state index in [1.165, 1.54) is 24.1 Å². The van der Waals surface area contributed by atoms with Gasteiger partial charge in [0, 0.05) is 36.2 Å². The molecule has 0 radical (unpaired) electrons. The molecule has 20 heavy (non-hydrogen) atoms. The summed E-state index contributed by atoms with van der Waals surface area (Å²) in [5.74, 6) is 0. The lowest BCUT2D eigenvalue weighted by molar-refractivity contribution is 0.676. The molecule has 1 aliphatic heterocycles. The molecule has 4 heteroatoms. The monoisotopic (exact) mass is 310 g/mol. The Morgan fingerprint density at radius 2 is 1.95 bits per heavy atom. The highest BCUT2D eigenvalue weighted by molar-refractivity contribution is 8.00. The minimum absolute atomic E-state index is 0.666. The molecule has 0 spiro atoms. The summed E-state index contributed by atoms with van der Waals surface area (Å²) >= 11 is 8.59. The second kappa shape index (κ2) is 6.17. The molecule has 2 unspecified atom stereocenters. The Kier molecular flexibility index (Phi) is 4.49. The van der Waals surface area contributed by atoms with E-state index in [9.17, 15) is 0 Å². The number of hydrogen-bond acceptors (Lipinski definition) is 3. The Bertz CT molecular complexity index is 466. The average Bonchev–Trinajstić information content (AvgIpc) is 3.19. The fourth-order valence-electron chi connectivity index (χ4n) is 2.96. The van der Waals surface area contributed by atoms with Gasteiger partial charge in [0.2, 0.25) is 0 Å². The molecule has 0 bridgehead atoms. The number of thioether (sulfide) groups is 1. The van der Waals surface area contributed by atoms with E-state index in [4.69, 9.17) is 11.6 Å². The standard InChI is InChI=1S/C16H23ClN2S/c1-11-9-19(10-12(2)20-11)16-13(4-3-5-15(16)17)8-18-14-6-7-14/h3-5,11-12,14,18H,6-10H2,1-2H3. The topological polar surface area (TPSA) is 15.3 Å². The van der Waals surface area contributed by atoms with E-state index in [1.807, 2.05) is 6.07 Å². The second-order valence-corrected chi connectivity index (χ2v) is 8.35. The van der Waals surface area contributed by atoms with Gasteiger partial charge < -0.3 is 10.2 Å². The number of nitrogens with zero attached hydrogens (tertiary/aromatic N) is 1. The number of benzene rings is 1. The molecular weight excluding hydrogens is 288 g/mol. The molecule has 1 aromatic carbocycles. The summed E-state index contributed by atoms with van der Waals surface area (Å²) in [4.78, 5) is 2.48. The van der Waals surface area contributed by atoms with E-state index in [0.717, 1.165) is 30.7 Å². The zero-order valence-corrected chi connectivity index (χ0v) is 13.8. The third-order valence-electron chi connectivity index (χ3n) is 3.96. The highest BCUT2D eigenvalue weighted by Crippen LogP contribution is 2.35. The largest absolute Gasteiger partial charge is 0.368 e. The molecule has 1 N–H and O–H groups in total. The van der Waals surface area contributed by atoms with Crippen molar-refractivity contribution in [2.24, 2.45) is 0 Å². The summed E-state index contributed by atoms with van der Waals surface area (Å²) in [6, 6.07) is 7.04. The van der Waals surface area contributed by atoms with Gasteiger partial charge in [0.25, 0.3) is 0 Å². The van der Waals surface area contributed by atoms with Crippen LogP contribution in [0.15, 0.2) is 18.2 Å². The van der Waals surface area contributed by atoms with E-state index in [0.29, 0.717) is 10.5 Å². The quantitative estimate of drug-likeness (QED) is 0.907. The van der Waals surface area contributed by atoms with Gasteiger partial charge in [0.05, 0.1) is 10.7 Å². The molecule has 2 nitrogen and oxygen atoms in total. The normalized spacial score (nSPS) is 26.9. The zero-order chi connectivity index (χ0) is 14.1. The van der Waals surface area contributed by atoms with Crippen molar-refractivity contribution < 1.29 is 0 Å². The fourth-order valence-corrected chi connectivity index (χ4v) is 4.60. The predicted molar refractivity (Wildman–Crippen MR) is 90.0 cm³/mol. The van der Waals surface area contributed by atoms with Crippen molar-refractivity contribution in [3.05, 3.63) is 28.8 Å². The van der Waals surface area contributed by atoms with Crippen molar-refractivity contribution in [1.82, 2.24) is 5.32 Å². The van der Waals surface area contributed by atoms with Gasteiger partial charge >= 0.3 is 0 Å². The first-order chi connectivity index (χ1) is 9.63. The molecule has 1 aromatic rings. The van der Waals surface area contributed by atoms with Crippen LogP contribution in [0.25, 0.3) is 0 Å². The molecule has 110 valence electrons. The van der Waals surface area contributed by atoms with Crippen molar-refractivity contribution in [2.45, 2.75) is 49.8 Å². The van der Waals surface area contributed by atoms with Crippen LogP contribution in [0.4, 0.5) is 5.69 Å². The van der Waals surface area contributed by atoms with Gasteiger partial charge in [-0.25, -0.2) is 0 Å². The number of halogens is 1. The molecule has 2 aliphatic rings. The van der Waals surface area contributed by atoms with Crippen LogP contribution in [0.3, 0.4) is 0 Å². The van der Waals surface area contributed by atoms with Crippen LogP contribution >= 0.6 is 23.4 Å². The molecule has 2 fully saturated rings. The molecule has 1 saturated heterocycles. The van der Waals surface area contributed by atoms with Crippen molar-refractivity contribution in [2.75, 3.05) is 18.0 Å². The molecule has 2 atom stereocenters. The summed E-state index contributed by atoms with van der Waals surface area (Å²) in [6.45, 7) is 7.75. The smallest absolute Gasteiger partial charge is 0.0642 e. The first kappa shape index (κ1) is 14.6. The summed E-state index contributed by atoms with van der Waals surface area (Å²) in [5, 5.41) is 5.84.